The van der Waals surface area contributed by atoms with Gasteiger partial charge in [-0.2, -0.15) is 0 Å². The Bertz CT molecular complexity index is 1150. The zero-order valence-corrected chi connectivity index (χ0v) is 18.7. The predicted octanol–water partition coefficient (Wildman–Crippen LogP) is 3.06. The minimum Gasteiger partial charge on any atom is -0.385 e. The summed E-state index contributed by atoms with van der Waals surface area (Å²) in [4.78, 5) is 37.2. The number of rotatable bonds is 5. The van der Waals surface area contributed by atoms with Gasteiger partial charge >= 0.3 is 0 Å². The van der Waals surface area contributed by atoms with Crippen LogP contribution in [0.1, 0.15) is 42.7 Å². The topological polar surface area (TPSA) is 141 Å². The summed E-state index contributed by atoms with van der Waals surface area (Å²) in [6, 6.07) is 1.89. The van der Waals surface area contributed by atoms with Crippen molar-refractivity contribution in [2.45, 2.75) is 45.6 Å². The number of pyridine rings is 1. The summed E-state index contributed by atoms with van der Waals surface area (Å²) in [5.74, 6) is 0.812. The Kier molecular flexibility index (Phi) is 7.01. The van der Waals surface area contributed by atoms with Gasteiger partial charge in [-0.1, -0.05) is 0 Å². The molecule has 1 aliphatic carbocycles. The van der Waals surface area contributed by atoms with Crippen LogP contribution >= 0.6 is 11.3 Å². The van der Waals surface area contributed by atoms with E-state index >= 15 is 0 Å². The maximum absolute atomic E-state index is 12.2. The van der Waals surface area contributed by atoms with Crippen LogP contribution in [-0.4, -0.2) is 45.6 Å². The van der Waals surface area contributed by atoms with Crippen LogP contribution in [0.25, 0.3) is 10.2 Å². The lowest BCUT2D eigenvalue weighted by Crippen LogP contribution is -2.23. The second kappa shape index (κ2) is 9.69. The van der Waals surface area contributed by atoms with Crippen LogP contribution in [0, 0.1) is 5.41 Å². The Labute approximate surface area is 184 Å². The molecule has 9 nitrogen and oxygen atoms in total. The Balaban J connectivity index is 0.000000339. The molecule has 0 atom stereocenters. The smallest absolute Gasteiger partial charge is 0.273 e. The van der Waals surface area contributed by atoms with Crippen molar-refractivity contribution in [3.8, 4) is 0 Å². The lowest BCUT2D eigenvalue weighted by atomic mass is 9.97. The number of aryl methyl sites for hydroxylation is 2. The summed E-state index contributed by atoms with van der Waals surface area (Å²) in [5, 5.41) is 11.5. The molecule has 0 saturated carbocycles. The van der Waals surface area contributed by atoms with Gasteiger partial charge in [0.05, 0.1) is 5.39 Å². The van der Waals surface area contributed by atoms with E-state index in [0.29, 0.717) is 23.1 Å². The number of nitrogen functional groups attached to an aromatic ring is 1. The van der Waals surface area contributed by atoms with Gasteiger partial charge in [0.15, 0.2) is 0 Å². The number of aromatic amines is 1. The SMILES string of the molecule is CC(C)N(C)C=O.N=Cc1cc(Nc2ncnc3sc4c(c23)CCCC4)c(=O)[nH]c1N. The number of hydrogen-bond acceptors (Lipinski definition) is 8. The van der Waals surface area contributed by atoms with E-state index in [1.54, 1.807) is 29.4 Å². The van der Waals surface area contributed by atoms with Gasteiger partial charge in [0.25, 0.3) is 5.56 Å². The molecule has 0 spiro atoms. The highest BCUT2D eigenvalue weighted by Gasteiger charge is 2.20. The van der Waals surface area contributed by atoms with E-state index in [2.05, 4.69) is 20.3 Å². The lowest BCUT2D eigenvalue weighted by Gasteiger charge is -2.13. The average Bonchev–Trinajstić information content (AvgIpc) is 3.15. The van der Waals surface area contributed by atoms with Crippen LogP contribution in [-0.2, 0) is 17.6 Å². The Morgan fingerprint density at radius 3 is 2.71 bits per heavy atom. The monoisotopic (exact) mass is 441 g/mol. The van der Waals surface area contributed by atoms with Crippen LogP contribution in [0.5, 0.6) is 0 Å². The molecule has 0 bridgehead atoms. The van der Waals surface area contributed by atoms with Crippen molar-refractivity contribution >= 4 is 51.5 Å². The van der Waals surface area contributed by atoms with Gasteiger partial charge in [-0.3, -0.25) is 9.59 Å². The van der Waals surface area contributed by atoms with Gasteiger partial charge in [-0.05, 0) is 51.2 Å². The molecular formula is C21H27N7O2S. The first-order chi connectivity index (χ1) is 14.8. The van der Waals surface area contributed by atoms with E-state index in [4.69, 9.17) is 11.1 Å². The van der Waals surface area contributed by atoms with Gasteiger partial charge in [0.2, 0.25) is 6.41 Å². The molecule has 4 rings (SSSR count). The number of nitrogens with zero attached hydrogens (tertiary/aromatic N) is 3. The summed E-state index contributed by atoms with van der Waals surface area (Å²) < 4.78 is 0. The predicted molar refractivity (Wildman–Crippen MR) is 126 cm³/mol. The van der Waals surface area contributed by atoms with Crippen molar-refractivity contribution in [2.24, 2.45) is 0 Å². The van der Waals surface area contributed by atoms with Gasteiger partial charge in [-0.15, -0.1) is 11.3 Å². The number of hydrogen-bond donors (Lipinski definition) is 4. The number of aromatic nitrogens is 3. The molecule has 0 fully saturated rings. The summed E-state index contributed by atoms with van der Waals surface area (Å²) in [5.41, 5.74) is 7.43. The molecule has 5 N–H and O–H groups in total. The zero-order chi connectivity index (χ0) is 22.5. The highest BCUT2D eigenvalue weighted by molar-refractivity contribution is 7.19. The summed E-state index contributed by atoms with van der Waals surface area (Å²) >= 11 is 1.71. The minimum atomic E-state index is -0.339. The van der Waals surface area contributed by atoms with Crippen molar-refractivity contribution in [2.75, 3.05) is 18.1 Å². The average molecular weight is 442 g/mol. The van der Waals surface area contributed by atoms with Crippen LogP contribution in [0.15, 0.2) is 17.2 Å². The number of carbonyl (C=O) groups excluding carboxylic acids is 1. The normalized spacial score (nSPS) is 12.6. The van der Waals surface area contributed by atoms with Crippen LogP contribution in [0.2, 0.25) is 0 Å². The molecule has 3 aromatic heterocycles. The van der Waals surface area contributed by atoms with Crippen molar-refractivity contribution in [3.05, 3.63) is 38.8 Å². The second-order valence-electron chi connectivity index (χ2n) is 7.63. The first-order valence-electron chi connectivity index (χ1n) is 10.1. The summed E-state index contributed by atoms with van der Waals surface area (Å²) in [6.07, 6.45) is 7.90. The standard InChI is InChI=1S/C16H16N6OS.C5H11NO/c17-6-8-5-10(15(23)22-13(8)18)21-14-12-9-3-1-2-4-11(9)24-16(12)20-7-19-14;1-5(2)6(3)4-7/h5-7,17H,1-4H2,(H3,18,22,23)(H,19,20,21);4-5H,1-3H3. The van der Waals surface area contributed by atoms with Gasteiger partial charge in [-0.25, -0.2) is 9.97 Å². The molecule has 3 heterocycles. The highest BCUT2D eigenvalue weighted by atomic mass is 32.1. The Morgan fingerprint density at radius 1 is 1.32 bits per heavy atom. The molecule has 0 saturated heterocycles. The third kappa shape index (κ3) is 4.91. The molecule has 10 heteroatoms. The van der Waals surface area contributed by atoms with Crippen LogP contribution in [0.4, 0.5) is 17.3 Å². The maximum Gasteiger partial charge on any atom is 0.273 e. The molecule has 3 aromatic rings. The fourth-order valence-corrected chi connectivity index (χ4v) is 4.44. The largest absolute Gasteiger partial charge is 0.385 e. The van der Waals surface area contributed by atoms with E-state index in [1.807, 2.05) is 13.8 Å². The van der Waals surface area contributed by atoms with Crippen LogP contribution in [0.3, 0.4) is 0 Å². The molecule has 31 heavy (non-hydrogen) atoms. The molecule has 164 valence electrons. The van der Waals surface area contributed by atoms with Crippen molar-refractivity contribution in [1.82, 2.24) is 19.9 Å². The summed E-state index contributed by atoms with van der Waals surface area (Å²) in [6.45, 7) is 3.93. The first-order valence-corrected chi connectivity index (χ1v) is 10.9. The number of nitrogens with two attached hydrogens (primary N) is 1. The second-order valence-corrected chi connectivity index (χ2v) is 8.71. The quantitative estimate of drug-likeness (QED) is 0.354. The molecule has 0 aliphatic heterocycles. The Hall–Kier alpha value is -3.27. The van der Waals surface area contributed by atoms with Gasteiger partial charge in [0.1, 0.15) is 28.5 Å². The summed E-state index contributed by atoms with van der Waals surface area (Å²) in [7, 11) is 1.76. The van der Waals surface area contributed by atoms with Crippen molar-refractivity contribution in [3.63, 3.8) is 0 Å². The molecule has 0 aromatic carbocycles. The molecule has 1 aliphatic rings. The fourth-order valence-electron chi connectivity index (χ4n) is 3.21. The van der Waals surface area contributed by atoms with Crippen molar-refractivity contribution < 1.29 is 4.79 Å². The Morgan fingerprint density at radius 2 is 2.06 bits per heavy atom. The molecule has 0 radical (unpaired) electrons. The third-order valence-corrected chi connectivity index (χ3v) is 6.44. The highest BCUT2D eigenvalue weighted by Crippen LogP contribution is 2.38. The maximum atomic E-state index is 12.2. The molecule has 0 unspecified atom stereocenters. The number of amides is 1. The van der Waals surface area contributed by atoms with Crippen molar-refractivity contribution in [1.29, 1.82) is 5.41 Å². The minimum absolute atomic E-state index is 0.182. The number of nitrogens with one attached hydrogen (secondary N) is 3. The number of thiophene rings is 1. The van der Waals surface area contributed by atoms with E-state index < -0.39 is 0 Å². The number of carbonyl (C=O) groups is 1. The number of anilines is 3. The zero-order valence-electron chi connectivity index (χ0n) is 17.9. The van der Waals surface area contributed by atoms with Crippen LogP contribution < -0.4 is 16.6 Å². The van der Waals surface area contributed by atoms with E-state index in [-0.39, 0.29) is 11.4 Å². The van der Waals surface area contributed by atoms with Gasteiger partial charge in [0, 0.05) is 29.7 Å². The van der Waals surface area contributed by atoms with E-state index in [1.165, 1.54) is 23.2 Å². The first kappa shape index (κ1) is 22.4. The van der Waals surface area contributed by atoms with Gasteiger partial charge < -0.3 is 26.3 Å². The fraction of sp³-hybridized carbons (Fsp3) is 0.381. The molecular weight excluding hydrogens is 414 g/mol. The molecule has 1 amide bonds. The number of H-pyrrole nitrogens is 1. The third-order valence-electron chi connectivity index (χ3n) is 5.24. The number of fused-ring (bicyclic) bond motifs is 3. The van der Waals surface area contributed by atoms with E-state index in [9.17, 15) is 9.59 Å². The van der Waals surface area contributed by atoms with E-state index in [0.717, 1.165) is 42.1 Å². The lowest BCUT2D eigenvalue weighted by molar-refractivity contribution is -0.118.